The van der Waals surface area contributed by atoms with E-state index >= 15 is 0 Å². The van der Waals surface area contributed by atoms with Gasteiger partial charge in [0.15, 0.2) is 0 Å². The average molecular weight is 268 g/mol. The third kappa shape index (κ3) is 3.63. The van der Waals surface area contributed by atoms with Crippen LogP contribution in [0, 0.1) is 0 Å². The van der Waals surface area contributed by atoms with Crippen molar-refractivity contribution in [3.05, 3.63) is 29.3 Å². The van der Waals surface area contributed by atoms with E-state index in [9.17, 15) is 5.11 Å². The number of anilines is 1. The monoisotopic (exact) mass is 267 g/mol. The summed E-state index contributed by atoms with van der Waals surface area (Å²) in [5.74, 6) is 0. The molecule has 1 fully saturated rings. The molecule has 0 bridgehead atoms. The van der Waals surface area contributed by atoms with Gasteiger partial charge in [-0.25, -0.2) is 0 Å². The summed E-state index contributed by atoms with van der Waals surface area (Å²) in [4.78, 5) is 0. The van der Waals surface area contributed by atoms with Gasteiger partial charge in [0.05, 0.1) is 12.1 Å². The zero-order valence-corrected chi connectivity index (χ0v) is 11.5. The van der Waals surface area contributed by atoms with Crippen LogP contribution < -0.4 is 5.32 Å². The van der Waals surface area contributed by atoms with E-state index in [1.807, 2.05) is 24.3 Å². The Hall–Kier alpha value is -0.730. The molecule has 1 aromatic rings. The highest BCUT2D eigenvalue weighted by molar-refractivity contribution is 6.30. The van der Waals surface area contributed by atoms with E-state index in [0.29, 0.717) is 0 Å². The number of aliphatic hydroxyl groups is 1. The number of halogens is 1. The predicted molar refractivity (Wildman–Crippen MR) is 77.2 cm³/mol. The van der Waals surface area contributed by atoms with Crippen molar-refractivity contribution in [3.63, 3.8) is 0 Å². The molecule has 1 saturated carbocycles. The topological polar surface area (TPSA) is 32.3 Å². The third-order valence-electron chi connectivity index (χ3n) is 3.85. The largest absolute Gasteiger partial charge is 0.394 e. The molecule has 0 heterocycles. The molecule has 3 heteroatoms. The maximum atomic E-state index is 9.79. The van der Waals surface area contributed by atoms with Crippen molar-refractivity contribution >= 4 is 17.3 Å². The Balaban J connectivity index is 2.10. The fourth-order valence-corrected chi connectivity index (χ4v) is 2.97. The van der Waals surface area contributed by atoms with Crippen LogP contribution in [0.4, 0.5) is 5.69 Å². The summed E-state index contributed by atoms with van der Waals surface area (Å²) in [7, 11) is 0. The minimum Gasteiger partial charge on any atom is -0.394 e. The number of aliphatic hydroxyl groups excluding tert-OH is 1. The van der Waals surface area contributed by atoms with Crippen molar-refractivity contribution < 1.29 is 5.11 Å². The molecule has 1 aromatic carbocycles. The Morgan fingerprint density at radius 1 is 1.11 bits per heavy atom. The zero-order chi connectivity index (χ0) is 12.8. The molecule has 0 radical (unpaired) electrons. The first-order valence-electron chi connectivity index (χ1n) is 6.89. The first-order chi connectivity index (χ1) is 8.74. The maximum absolute atomic E-state index is 9.79. The van der Waals surface area contributed by atoms with Crippen LogP contribution >= 0.6 is 11.6 Å². The minimum atomic E-state index is -0.162. The molecule has 2 rings (SSSR count). The second-order valence-corrected chi connectivity index (χ2v) is 5.78. The molecule has 0 spiro atoms. The summed E-state index contributed by atoms with van der Waals surface area (Å²) >= 11 is 6.01. The summed E-state index contributed by atoms with van der Waals surface area (Å²) in [6, 6.07) is 7.76. The van der Waals surface area contributed by atoms with Crippen LogP contribution in [0.1, 0.15) is 44.9 Å². The van der Waals surface area contributed by atoms with Gasteiger partial charge in [-0.3, -0.25) is 0 Å². The molecule has 0 aliphatic heterocycles. The highest BCUT2D eigenvalue weighted by atomic mass is 35.5. The Labute approximate surface area is 114 Å². The van der Waals surface area contributed by atoms with Gasteiger partial charge < -0.3 is 10.4 Å². The van der Waals surface area contributed by atoms with Gasteiger partial charge >= 0.3 is 0 Å². The quantitative estimate of drug-likeness (QED) is 0.859. The van der Waals surface area contributed by atoms with E-state index in [2.05, 4.69) is 5.32 Å². The molecule has 0 unspecified atom stereocenters. The van der Waals surface area contributed by atoms with Gasteiger partial charge in [-0.15, -0.1) is 0 Å². The van der Waals surface area contributed by atoms with Crippen LogP contribution in [-0.4, -0.2) is 17.3 Å². The molecule has 2 nitrogen and oxygen atoms in total. The van der Waals surface area contributed by atoms with Gasteiger partial charge in [-0.1, -0.05) is 49.8 Å². The standard InChI is InChI=1S/C15H22ClNO/c16-13-7-6-8-14(11-13)17-15(12-18)9-4-2-1-3-5-10-15/h6-8,11,17-18H,1-5,9-10,12H2. The summed E-state index contributed by atoms with van der Waals surface area (Å²) in [6.45, 7) is 0.194. The molecule has 2 N–H and O–H groups in total. The van der Waals surface area contributed by atoms with Gasteiger partial charge in [0.25, 0.3) is 0 Å². The molecular formula is C15H22ClNO. The highest BCUT2D eigenvalue weighted by Gasteiger charge is 2.29. The van der Waals surface area contributed by atoms with Gasteiger partial charge in [0, 0.05) is 10.7 Å². The number of hydrogen-bond acceptors (Lipinski definition) is 2. The van der Waals surface area contributed by atoms with E-state index in [-0.39, 0.29) is 12.1 Å². The van der Waals surface area contributed by atoms with Crippen molar-refractivity contribution in [3.8, 4) is 0 Å². The first-order valence-corrected chi connectivity index (χ1v) is 7.27. The van der Waals surface area contributed by atoms with Crippen LogP contribution in [0.3, 0.4) is 0 Å². The molecule has 100 valence electrons. The maximum Gasteiger partial charge on any atom is 0.0661 e. The molecule has 0 saturated heterocycles. The van der Waals surface area contributed by atoms with Gasteiger partial charge in [0.2, 0.25) is 0 Å². The summed E-state index contributed by atoms with van der Waals surface area (Å²) in [5, 5.41) is 14.0. The fraction of sp³-hybridized carbons (Fsp3) is 0.600. The normalized spacial score (nSPS) is 19.9. The Morgan fingerprint density at radius 3 is 2.39 bits per heavy atom. The average Bonchev–Trinajstić information content (AvgIpc) is 2.33. The number of nitrogens with one attached hydrogen (secondary N) is 1. The van der Waals surface area contributed by atoms with E-state index in [0.717, 1.165) is 23.6 Å². The molecule has 0 aromatic heterocycles. The van der Waals surface area contributed by atoms with Crippen molar-refractivity contribution in [2.24, 2.45) is 0 Å². The lowest BCUT2D eigenvalue weighted by molar-refractivity contribution is 0.182. The summed E-state index contributed by atoms with van der Waals surface area (Å²) < 4.78 is 0. The number of benzene rings is 1. The number of rotatable bonds is 3. The van der Waals surface area contributed by atoms with E-state index in [4.69, 9.17) is 11.6 Å². The zero-order valence-electron chi connectivity index (χ0n) is 10.8. The van der Waals surface area contributed by atoms with Crippen LogP contribution in [0.25, 0.3) is 0 Å². The van der Waals surface area contributed by atoms with E-state index in [1.165, 1.54) is 32.1 Å². The molecular weight excluding hydrogens is 246 g/mol. The molecule has 1 aliphatic rings. The molecule has 1 aliphatic carbocycles. The van der Waals surface area contributed by atoms with Crippen molar-refractivity contribution in [1.29, 1.82) is 0 Å². The van der Waals surface area contributed by atoms with Crippen LogP contribution in [0.2, 0.25) is 5.02 Å². The van der Waals surface area contributed by atoms with Crippen LogP contribution in [-0.2, 0) is 0 Å². The van der Waals surface area contributed by atoms with Crippen molar-refractivity contribution in [2.75, 3.05) is 11.9 Å². The van der Waals surface area contributed by atoms with Crippen molar-refractivity contribution in [2.45, 2.75) is 50.5 Å². The smallest absolute Gasteiger partial charge is 0.0661 e. The van der Waals surface area contributed by atoms with E-state index in [1.54, 1.807) is 0 Å². The minimum absolute atomic E-state index is 0.162. The predicted octanol–water partition coefficient (Wildman–Crippen LogP) is 4.23. The second kappa shape index (κ2) is 6.44. The summed E-state index contributed by atoms with van der Waals surface area (Å²) in [5.41, 5.74) is 0.850. The molecule has 0 atom stereocenters. The van der Waals surface area contributed by atoms with E-state index < -0.39 is 0 Å². The summed E-state index contributed by atoms with van der Waals surface area (Å²) in [6.07, 6.45) is 8.34. The Bertz CT molecular complexity index is 373. The lowest BCUT2D eigenvalue weighted by Gasteiger charge is -2.35. The molecule has 18 heavy (non-hydrogen) atoms. The van der Waals surface area contributed by atoms with Gasteiger partial charge in [-0.2, -0.15) is 0 Å². The SMILES string of the molecule is OCC1(Nc2cccc(Cl)c2)CCCCCCC1. The van der Waals surface area contributed by atoms with Crippen LogP contribution in [0.5, 0.6) is 0 Å². The lowest BCUT2D eigenvalue weighted by atomic mass is 9.84. The Kier molecular flexibility index (Phi) is 4.90. The van der Waals surface area contributed by atoms with Crippen molar-refractivity contribution in [1.82, 2.24) is 0 Å². The lowest BCUT2D eigenvalue weighted by Crippen LogP contribution is -2.42. The highest BCUT2D eigenvalue weighted by Crippen LogP contribution is 2.30. The third-order valence-corrected chi connectivity index (χ3v) is 4.08. The molecule has 0 amide bonds. The fourth-order valence-electron chi connectivity index (χ4n) is 2.78. The van der Waals surface area contributed by atoms with Gasteiger partial charge in [-0.05, 0) is 31.0 Å². The Morgan fingerprint density at radius 2 is 1.78 bits per heavy atom. The second-order valence-electron chi connectivity index (χ2n) is 5.34. The van der Waals surface area contributed by atoms with Crippen LogP contribution in [0.15, 0.2) is 24.3 Å². The van der Waals surface area contributed by atoms with Gasteiger partial charge in [0.1, 0.15) is 0 Å². The first kappa shape index (κ1) is 13.7. The number of hydrogen-bond donors (Lipinski definition) is 2.